The zero-order chi connectivity index (χ0) is 29.6. The fourth-order valence-electron chi connectivity index (χ4n) is 4.61. The normalized spacial score (nSPS) is 12.2. The Balaban J connectivity index is 0.00000189. The van der Waals surface area contributed by atoms with E-state index in [9.17, 15) is 0 Å². The molecule has 4 aromatic heterocycles. The number of nitrogens with one attached hydrogen (secondary N) is 3. The van der Waals surface area contributed by atoms with Gasteiger partial charge in [0.1, 0.15) is 5.52 Å². The van der Waals surface area contributed by atoms with Crippen molar-refractivity contribution in [3.63, 3.8) is 0 Å². The van der Waals surface area contributed by atoms with Crippen molar-refractivity contribution in [2.45, 2.75) is 48.0 Å². The third-order valence-electron chi connectivity index (χ3n) is 6.31. The second kappa shape index (κ2) is 12.6. The van der Waals surface area contributed by atoms with Crippen LogP contribution in [-0.4, -0.2) is 30.1 Å². The van der Waals surface area contributed by atoms with Gasteiger partial charge >= 0.3 is 0 Å². The van der Waals surface area contributed by atoms with E-state index in [1.54, 1.807) is 12.3 Å². The van der Waals surface area contributed by atoms with E-state index >= 15 is 0 Å². The molecule has 41 heavy (non-hydrogen) atoms. The minimum absolute atomic E-state index is 0.137. The average Bonchev–Trinajstić information content (AvgIpc) is 3.59. The zero-order valence-electron chi connectivity index (χ0n) is 24.8. The monoisotopic (exact) mass is 545 g/mol. The second-order valence-electron chi connectivity index (χ2n) is 10.7. The molecule has 0 fully saturated rings. The number of hydrogen-bond donors (Lipinski definition) is 3. The van der Waals surface area contributed by atoms with E-state index in [0.29, 0.717) is 17.2 Å². The largest absolute Gasteiger partial charge is 0.359 e. The van der Waals surface area contributed by atoms with Gasteiger partial charge in [-0.3, -0.25) is 5.10 Å². The molecule has 0 atom stereocenters. The predicted octanol–water partition coefficient (Wildman–Crippen LogP) is 8.60. The number of benzene rings is 1. The molecule has 0 radical (unpaired) electrons. The molecule has 0 amide bonds. The lowest BCUT2D eigenvalue weighted by Crippen LogP contribution is -2.16. The Kier molecular flexibility index (Phi) is 8.97. The van der Waals surface area contributed by atoms with Crippen LogP contribution in [-0.2, 0) is 0 Å². The molecule has 7 heteroatoms. The third-order valence-corrected chi connectivity index (χ3v) is 6.31. The molecular formula is C34H39N7. The van der Waals surface area contributed by atoms with Crippen molar-refractivity contribution in [2.24, 2.45) is 5.41 Å². The molecule has 210 valence electrons. The number of aromatic amines is 2. The predicted molar refractivity (Wildman–Crippen MR) is 172 cm³/mol. The van der Waals surface area contributed by atoms with Gasteiger partial charge in [-0.05, 0) is 60.2 Å². The summed E-state index contributed by atoms with van der Waals surface area (Å²) in [6.07, 6.45) is 8.49. The van der Waals surface area contributed by atoms with Crippen LogP contribution in [0.25, 0.3) is 50.4 Å². The first-order valence-electron chi connectivity index (χ1n) is 14.0. The maximum absolute atomic E-state index is 4.99. The van der Waals surface area contributed by atoms with Crippen LogP contribution < -0.4 is 5.32 Å². The van der Waals surface area contributed by atoms with Gasteiger partial charge in [-0.25, -0.2) is 15.0 Å². The van der Waals surface area contributed by atoms with Crippen LogP contribution in [0.2, 0.25) is 0 Å². The van der Waals surface area contributed by atoms with Crippen LogP contribution >= 0.6 is 0 Å². The molecule has 7 nitrogen and oxygen atoms in total. The van der Waals surface area contributed by atoms with E-state index in [2.05, 4.69) is 71.5 Å². The molecular weight excluding hydrogens is 506 g/mol. The quantitative estimate of drug-likeness (QED) is 0.170. The summed E-state index contributed by atoms with van der Waals surface area (Å²) < 4.78 is 0. The highest BCUT2D eigenvalue weighted by Gasteiger charge is 2.18. The number of hydrogen-bond acceptors (Lipinski definition) is 5. The molecule has 0 aliphatic heterocycles. The molecule has 5 rings (SSSR count). The van der Waals surface area contributed by atoms with Crippen molar-refractivity contribution in [1.29, 1.82) is 0 Å². The van der Waals surface area contributed by atoms with Crippen molar-refractivity contribution < 1.29 is 0 Å². The Morgan fingerprint density at radius 1 is 1.02 bits per heavy atom. The van der Waals surface area contributed by atoms with Crippen LogP contribution in [0.5, 0.6) is 0 Å². The van der Waals surface area contributed by atoms with Gasteiger partial charge in [-0.1, -0.05) is 84.2 Å². The smallest absolute Gasteiger partial charge is 0.178 e. The number of aromatic nitrogens is 6. The molecule has 0 aliphatic carbocycles. The maximum atomic E-state index is 4.99. The van der Waals surface area contributed by atoms with Gasteiger partial charge in [0.2, 0.25) is 0 Å². The lowest BCUT2D eigenvalue weighted by Gasteiger charge is -2.21. The van der Waals surface area contributed by atoms with Gasteiger partial charge in [0.25, 0.3) is 0 Å². The molecule has 3 N–H and O–H groups in total. The second-order valence-corrected chi connectivity index (χ2v) is 10.7. The molecule has 0 aliphatic rings. The maximum Gasteiger partial charge on any atom is 0.178 e. The van der Waals surface area contributed by atoms with Crippen molar-refractivity contribution >= 4 is 27.8 Å². The van der Waals surface area contributed by atoms with Crippen LogP contribution in [0.3, 0.4) is 0 Å². The number of rotatable bonds is 8. The third kappa shape index (κ3) is 6.69. The van der Waals surface area contributed by atoms with Gasteiger partial charge in [0.15, 0.2) is 17.2 Å². The van der Waals surface area contributed by atoms with E-state index in [1.807, 2.05) is 69.3 Å². The van der Waals surface area contributed by atoms with Crippen molar-refractivity contribution in [3.8, 4) is 22.6 Å². The Morgan fingerprint density at radius 3 is 2.46 bits per heavy atom. The molecule has 0 saturated heterocycles. The van der Waals surface area contributed by atoms with Gasteiger partial charge in [0, 0.05) is 23.2 Å². The summed E-state index contributed by atoms with van der Waals surface area (Å²) in [5.41, 5.74) is 9.52. The van der Waals surface area contributed by atoms with E-state index < -0.39 is 0 Å². The molecule has 1 aromatic carbocycles. The average molecular weight is 546 g/mol. The van der Waals surface area contributed by atoms with Crippen LogP contribution in [0.1, 0.15) is 53.7 Å². The summed E-state index contributed by atoms with van der Waals surface area (Å²) >= 11 is 0. The van der Waals surface area contributed by atoms with Crippen molar-refractivity contribution in [1.82, 2.24) is 35.5 Å². The molecule has 0 unspecified atom stereocenters. The van der Waals surface area contributed by atoms with Crippen molar-refractivity contribution in [2.75, 3.05) is 0 Å². The van der Waals surface area contributed by atoms with Gasteiger partial charge in [-0.15, -0.1) is 0 Å². The number of fused-ring (bicyclic) bond motifs is 2. The first-order valence-corrected chi connectivity index (χ1v) is 14.0. The summed E-state index contributed by atoms with van der Waals surface area (Å²) in [5, 5.41) is 11.0. The van der Waals surface area contributed by atoms with Crippen LogP contribution in [0.15, 0.2) is 97.5 Å². The Bertz CT molecular complexity index is 1730. The molecule has 5 aromatic rings. The highest BCUT2D eigenvalue weighted by atomic mass is 15.2. The van der Waals surface area contributed by atoms with Gasteiger partial charge in [0.05, 0.1) is 16.7 Å². The first-order chi connectivity index (χ1) is 19.8. The van der Waals surface area contributed by atoms with Crippen LogP contribution in [0.4, 0.5) is 0 Å². The van der Waals surface area contributed by atoms with E-state index in [4.69, 9.17) is 9.97 Å². The van der Waals surface area contributed by atoms with Gasteiger partial charge < -0.3 is 10.3 Å². The summed E-state index contributed by atoms with van der Waals surface area (Å²) in [6, 6.07) is 16.2. The Labute approximate surface area is 242 Å². The molecule has 0 saturated carbocycles. The zero-order valence-corrected chi connectivity index (χ0v) is 24.8. The molecule has 0 spiro atoms. The van der Waals surface area contributed by atoms with E-state index in [0.717, 1.165) is 56.8 Å². The highest BCUT2D eigenvalue weighted by Crippen LogP contribution is 2.31. The fourth-order valence-corrected chi connectivity index (χ4v) is 4.61. The number of H-pyrrole nitrogens is 2. The van der Waals surface area contributed by atoms with Crippen molar-refractivity contribution in [3.05, 3.63) is 103 Å². The highest BCUT2D eigenvalue weighted by molar-refractivity contribution is 5.95. The lowest BCUT2D eigenvalue weighted by molar-refractivity contribution is 0.403. The first kappa shape index (κ1) is 29.2. The molecule has 4 heterocycles. The summed E-state index contributed by atoms with van der Waals surface area (Å²) in [7, 11) is 0. The number of nitrogens with zero attached hydrogens (tertiary/aromatic N) is 4. The topological polar surface area (TPSA) is 95.2 Å². The standard InChI is InChI=1S/C32H33N7.C2H6/c1-7-21(18-23(8-2)34-20(3)19-32(4,5)6)25-14-15-26-28(35-25)29(39-38-26)31-36-27-24(16-17-33-30(27)37-31)22-12-10-9-11-13-22;1-2/h7-18,34H,2-3,19H2,1,4-6H3,(H,38,39)(H,33,36,37);1-2H3/b21-7+,23-18+;. The summed E-state index contributed by atoms with van der Waals surface area (Å²) in [4.78, 5) is 17.7. The van der Waals surface area contributed by atoms with Crippen LogP contribution in [0, 0.1) is 5.41 Å². The number of allylic oxidation sites excluding steroid dienone is 5. The minimum Gasteiger partial charge on any atom is -0.359 e. The summed E-state index contributed by atoms with van der Waals surface area (Å²) in [5.74, 6) is 0.612. The molecule has 0 bridgehead atoms. The number of imidazole rings is 1. The summed E-state index contributed by atoms with van der Waals surface area (Å²) in [6.45, 7) is 20.7. The van der Waals surface area contributed by atoms with E-state index in [-0.39, 0.29) is 5.41 Å². The Hall–Kier alpha value is -4.78. The number of pyridine rings is 2. The fraction of sp³-hybridized carbons (Fsp3) is 0.235. The SMILES string of the molecule is C=C/C(=C\C(=C/C)c1ccc2[nH]nc(-c3nc4nccc(-c5ccccc5)c4[nH]3)c2n1)NC(=C)CC(C)(C)C.CC. The Morgan fingerprint density at radius 2 is 1.78 bits per heavy atom. The lowest BCUT2D eigenvalue weighted by atomic mass is 9.91. The minimum atomic E-state index is 0.137. The van der Waals surface area contributed by atoms with E-state index in [1.165, 1.54) is 0 Å². The van der Waals surface area contributed by atoms with Gasteiger partial charge in [-0.2, -0.15) is 5.10 Å².